The van der Waals surface area contributed by atoms with Gasteiger partial charge >= 0.3 is 0 Å². The van der Waals surface area contributed by atoms with Gasteiger partial charge in [-0.2, -0.15) is 0 Å². The molecule has 2 aromatic carbocycles. The third-order valence-corrected chi connectivity index (χ3v) is 4.20. The van der Waals surface area contributed by atoms with Crippen LogP contribution in [0.2, 0.25) is 0 Å². The number of fused-ring (bicyclic) bond motifs is 1. The number of nitrogens with two attached hydrogens (primary N) is 1. The lowest BCUT2D eigenvalue weighted by Gasteiger charge is -2.37. The van der Waals surface area contributed by atoms with E-state index in [2.05, 4.69) is 18.2 Å². The van der Waals surface area contributed by atoms with Crippen molar-refractivity contribution in [2.24, 2.45) is 5.73 Å². The molecule has 0 aromatic heterocycles. The summed E-state index contributed by atoms with van der Waals surface area (Å²) in [5.41, 5.74) is 9.65. The van der Waals surface area contributed by atoms with E-state index in [1.54, 1.807) is 0 Å². The Balaban J connectivity index is 1.83. The first-order valence-corrected chi connectivity index (χ1v) is 6.82. The normalized spacial score (nSPS) is 20.2. The highest BCUT2D eigenvalue weighted by Crippen LogP contribution is 2.41. The smallest absolute Gasteiger partial charge is 0.0692 e. The summed E-state index contributed by atoms with van der Waals surface area (Å²) in [6.07, 6.45) is 0.558. The first-order valence-electron chi connectivity index (χ1n) is 6.82. The van der Waals surface area contributed by atoms with Crippen molar-refractivity contribution in [3.63, 3.8) is 0 Å². The summed E-state index contributed by atoms with van der Waals surface area (Å²) in [6.45, 7) is 0.476. The van der Waals surface area contributed by atoms with Crippen molar-refractivity contribution in [3.8, 4) is 0 Å². The van der Waals surface area contributed by atoms with Crippen molar-refractivity contribution in [1.82, 2.24) is 0 Å². The molecule has 19 heavy (non-hydrogen) atoms. The molecular formula is C17H19NO. The van der Waals surface area contributed by atoms with Crippen LogP contribution in [0.3, 0.4) is 0 Å². The third-order valence-electron chi connectivity index (χ3n) is 4.20. The Morgan fingerprint density at radius 1 is 1.05 bits per heavy atom. The van der Waals surface area contributed by atoms with Gasteiger partial charge in [-0.15, -0.1) is 0 Å². The average Bonchev–Trinajstić information content (AvgIpc) is 2.42. The van der Waals surface area contributed by atoms with Crippen LogP contribution in [0.4, 0.5) is 0 Å². The zero-order valence-electron chi connectivity index (χ0n) is 10.9. The molecule has 3 unspecified atom stereocenters. The molecule has 2 nitrogen and oxygen atoms in total. The maximum absolute atomic E-state index is 10.6. The van der Waals surface area contributed by atoms with Crippen LogP contribution in [0.25, 0.3) is 0 Å². The van der Waals surface area contributed by atoms with Crippen molar-refractivity contribution in [2.75, 3.05) is 6.54 Å². The fraction of sp³-hybridized carbons (Fsp3) is 0.294. The monoisotopic (exact) mass is 253 g/mol. The first-order chi connectivity index (χ1) is 9.31. The standard InChI is InChI=1S/C17H19NO/c18-11-16(12-6-2-1-3-7-12)17(19)15-10-13-8-4-5-9-14(13)15/h1-9,15-17,19H,10-11,18H2. The Morgan fingerprint density at radius 3 is 2.42 bits per heavy atom. The average molecular weight is 253 g/mol. The van der Waals surface area contributed by atoms with Crippen molar-refractivity contribution in [3.05, 3.63) is 71.3 Å². The topological polar surface area (TPSA) is 46.2 Å². The van der Waals surface area contributed by atoms with Gasteiger partial charge in [0.05, 0.1) is 6.10 Å². The Hall–Kier alpha value is -1.64. The van der Waals surface area contributed by atoms with Crippen LogP contribution in [0.5, 0.6) is 0 Å². The van der Waals surface area contributed by atoms with E-state index in [1.165, 1.54) is 11.1 Å². The van der Waals surface area contributed by atoms with Gasteiger partial charge in [0.1, 0.15) is 0 Å². The minimum Gasteiger partial charge on any atom is -0.392 e. The van der Waals surface area contributed by atoms with Crippen LogP contribution < -0.4 is 5.73 Å². The molecule has 1 aliphatic rings. The number of aliphatic hydroxyl groups excluding tert-OH is 1. The summed E-state index contributed by atoms with van der Waals surface area (Å²) in [5.74, 6) is 0.240. The van der Waals surface area contributed by atoms with Crippen LogP contribution in [0.1, 0.15) is 28.5 Å². The minimum atomic E-state index is -0.401. The third kappa shape index (κ3) is 2.18. The maximum atomic E-state index is 10.6. The summed E-state index contributed by atoms with van der Waals surface area (Å²) in [7, 11) is 0. The zero-order valence-corrected chi connectivity index (χ0v) is 10.9. The zero-order chi connectivity index (χ0) is 13.2. The van der Waals surface area contributed by atoms with Gasteiger partial charge in [-0.1, -0.05) is 54.6 Å². The van der Waals surface area contributed by atoms with Crippen LogP contribution in [-0.2, 0) is 6.42 Å². The number of aliphatic hydroxyl groups is 1. The summed E-state index contributed by atoms with van der Waals surface area (Å²) in [4.78, 5) is 0. The van der Waals surface area contributed by atoms with Crippen LogP contribution >= 0.6 is 0 Å². The molecule has 98 valence electrons. The highest BCUT2D eigenvalue weighted by atomic mass is 16.3. The SMILES string of the molecule is NCC(c1ccccc1)C(O)C1Cc2ccccc21. The molecule has 0 amide bonds. The Kier molecular flexibility index (Phi) is 3.36. The molecule has 0 radical (unpaired) electrons. The van der Waals surface area contributed by atoms with Gasteiger partial charge in [-0.25, -0.2) is 0 Å². The van der Waals surface area contributed by atoms with Crippen LogP contribution in [-0.4, -0.2) is 17.8 Å². The van der Waals surface area contributed by atoms with Gasteiger partial charge in [0.25, 0.3) is 0 Å². The predicted molar refractivity (Wildman–Crippen MR) is 77.1 cm³/mol. The van der Waals surface area contributed by atoms with Crippen LogP contribution in [0, 0.1) is 0 Å². The van der Waals surface area contributed by atoms with Gasteiger partial charge in [0.2, 0.25) is 0 Å². The molecule has 1 aliphatic carbocycles. The fourth-order valence-electron chi connectivity index (χ4n) is 3.06. The van der Waals surface area contributed by atoms with E-state index in [0.717, 1.165) is 12.0 Å². The molecule has 2 heteroatoms. The fourth-order valence-corrected chi connectivity index (χ4v) is 3.06. The maximum Gasteiger partial charge on any atom is 0.0692 e. The lowest BCUT2D eigenvalue weighted by molar-refractivity contribution is 0.106. The molecule has 3 rings (SSSR count). The molecular weight excluding hydrogens is 234 g/mol. The lowest BCUT2D eigenvalue weighted by atomic mass is 9.70. The van der Waals surface area contributed by atoms with E-state index in [9.17, 15) is 5.11 Å². The molecule has 0 saturated heterocycles. The minimum absolute atomic E-state index is 0.0135. The Morgan fingerprint density at radius 2 is 1.74 bits per heavy atom. The molecule has 3 N–H and O–H groups in total. The van der Waals surface area contributed by atoms with Gasteiger partial charge in [-0.05, 0) is 23.1 Å². The molecule has 0 fully saturated rings. The van der Waals surface area contributed by atoms with Gasteiger partial charge in [0.15, 0.2) is 0 Å². The Bertz CT molecular complexity index is 552. The van der Waals surface area contributed by atoms with E-state index in [-0.39, 0.29) is 11.8 Å². The van der Waals surface area contributed by atoms with E-state index in [0.29, 0.717) is 6.54 Å². The van der Waals surface area contributed by atoms with Crippen molar-refractivity contribution in [1.29, 1.82) is 0 Å². The van der Waals surface area contributed by atoms with Crippen molar-refractivity contribution < 1.29 is 5.11 Å². The van der Waals surface area contributed by atoms with Crippen LogP contribution in [0.15, 0.2) is 54.6 Å². The molecule has 2 aromatic rings. The van der Waals surface area contributed by atoms with Crippen molar-refractivity contribution in [2.45, 2.75) is 24.4 Å². The molecule has 3 atom stereocenters. The number of rotatable bonds is 4. The summed E-state index contributed by atoms with van der Waals surface area (Å²) in [6, 6.07) is 18.4. The second-order valence-electron chi connectivity index (χ2n) is 5.25. The van der Waals surface area contributed by atoms with Gasteiger partial charge in [-0.3, -0.25) is 0 Å². The molecule has 0 spiro atoms. The summed E-state index contributed by atoms with van der Waals surface area (Å²) >= 11 is 0. The largest absolute Gasteiger partial charge is 0.392 e. The predicted octanol–water partition coefficient (Wildman–Crippen LogP) is 2.43. The first kappa shape index (κ1) is 12.4. The molecule has 0 heterocycles. The quantitative estimate of drug-likeness (QED) is 0.879. The second kappa shape index (κ2) is 5.16. The highest BCUT2D eigenvalue weighted by Gasteiger charge is 2.36. The molecule has 0 aliphatic heterocycles. The van der Waals surface area contributed by atoms with Gasteiger partial charge in [0, 0.05) is 18.4 Å². The van der Waals surface area contributed by atoms with Crippen molar-refractivity contribution >= 4 is 0 Å². The highest BCUT2D eigenvalue weighted by molar-refractivity contribution is 5.42. The lowest BCUT2D eigenvalue weighted by Crippen LogP contribution is -2.36. The molecule has 0 bridgehead atoms. The summed E-state index contributed by atoms with van der Waals surface area (Å²) in [5, 5.41) is 10.6. The van der Waals surface area contributed by atoms with Gasteiger partial charge < -0.3 is 10.8 Å². The molecule has 0 saturated carbocycles. The van der Waals surface area contributed by atoms with E-state index in [1.807, 2.05) is 36.4 Å². The summed E-state index contributed by atoms with van der Waals surface area (Å²) < 4.78 is 0. The van der Waals surface area contributed by atoms with E-state index in [4.69, 9.17) is 5.73 Å². The Labute approximate surface area is 113 Å². The van der Waals surface area contributed by atoms with E-state index < -0.39 is 6.10 Å². The number of hydrogen-bond acceptors (Lipinski definition) is 2. The number of benzene rings is 2. The van der Waals surface area contributed by atoms with E-state index >= 15 is 0 Å². The second-order valence-corrected chi connectivity index (χ2v) is 5.25. The number of hydrogen-bond donors (Lipinski definition) is 2.